The smallest absolute Gasteiger partial charge is 0.254 e. The average molecular weight is 247 g/mol. The lowest BCUT2D eigenvalue weighted by molar-refractivity contribution is -0.120. The van der Waals surface area contributed by atoms with Crippen molar-refractivity contribution in [2.45, 2.75) is 25.8 Å². The van der Waals surface area contributed by atoms with Gasteiger partial charge in [-0.15, -0.1) is 0 Å². The zero-order valence-corrected chi connectivity index (χ0v) is 10.3. The van der Waals surface area contributed by atoms with Crippen LogP contribution in [0.5, 0.6) is 0 Å². The molecule has 0 atom stereocenters. The molecule has 0 saturated heterocycles. The summed E-state index contributed by atoms with van der Waals surface area (Å²) < 4.78 is 0. The second kappa shape index (κ2) is 5.08. The summed E-state index contributed by atoms with van der Waals surface area (Å²) >= 11 is 0. The number of hydrogen-bond acceptors (Lipinski definition) is 3. The highest BCUT2D eigenvalue weighted by Crippen LogP contribution is 2.18. The minimum Gasteiger partial charge on any atom is -0.398 e. The summed E-state index contributed by atoms with van der Waals surface area (Å²) in [5.41, 5.74) is 7.43. The number of anilines is 1. The van der Waals surface area contributed by atoms with Gasteiger partial charge in [0.15, 0.2) is 0 Å². The van der Waals surface area contributed by atoms with E-state index in [4.69, 9.17) is 5.73 Å². The maximum absolute atomic E-state index is 11.9. The zero-order valence-electron chi connectivity index (χ0n) is 10.3. The minimum atomic E-state index is -0.309. The van der Waals surface area contributed by atoms with Crippen molar-refractivity contribution in [3.05, 3.63) is 29.3 Å². The predicted octanol–water partition coefficient (Wildman–Crippen LogP) is 0.586. The lowest BCUT2D eigenvalue weighted by atomic mass is 10.1. The van der Waals surface area contributed by atoms with Gasteiger partial charge in [-0.2, -0.15) is 0 Å². The largest absolute Gasteiger partial charge is 0.398 e. The summed E-state index contributed by atoms with van der Waals surface area (Å²) in [6.45, 7) is 1.80. The van der Waals surface area contributed by atoms with Crippen molar-refractivity contribution in [3.8, 4) is 0 Å². The fourth-order valence-corrected chi connectivity index (χ4v) is 1.76. The van der Waals surface area contributed by atoms with Crippen LogP contribution in [0.25, 0.3) is 0 Å². The third-order valence-electron chi connectivity index (χ3n) is 2.88. The van der Waals surface area contributed by atoms with Crippen LogP contribution in [0.1, 0.15) is 28.8 Å². The normalized spacial score (nSPS) is 14.1. The molecule has 0 heterocycles. The summed E-state index contributed by atoms with van der Waals surface area (Å²) in [5, 5.41) is 5.39. The van der Waals surface area contributed by atoms with Crippen LogP contribution < -0.4 is 16.4 Å². The van der Waals surface area contributed by atoms with Gasteiger partial charge in [-0.25, -0.2) is 0 Å². The van der Waals surface area contributed by atoms with E-state index in [0.717, 1.165) is 18.4 Å². The number of rotatable bonds is 4. The van der Waals surface area contributed by atoms with Crippen molar-refractivity contribution in [3.63, 3.8) is 0 Å². The summed E-state index contributed by atoms with van der Waals surface area (Å²) in [5.74, 6) is -0.463. The number of benzene rings is 1. The van der Waals surface area contributed by atoms with Crippen LogP contribution in [-0.2, 0) is 4.79 Å². The van der Waals surface area contributed by atoms with Crippen LogP contribution in [0.2, 0.25) is 0 Å². The van der Waals surface area contributed by atoms with E-state index in [-0.39, 0.29) is 18.4 Å². The second-order valence-corrected chi connectivity index (χ2v) is 4.56. The number of nitrogens with one attached hydrogen (secondary N) is 2. The molecule has 1 aromatic rings. The Kier molecular flexibility index (Phi) is 3.50. The predicted molar refractivity (Wildman–Crippen MR) is 69.1 cm³/mol. The third-order valence-corrected chi connectivity index (χ3v) is 2.88. The van der Waals surface area contributed by atoms with Crippen molar-refractivity contribution in [1.82, 2.24) is 10.6 Å². The van der Waals surface area contributed by atoms with Crippen molar-refractivity contribution in [2.24, 2.45) is 0 Å². The first-order valence-corrected chi connectivity index (χ1v) is 6.00. The van der Waals surface area contributed by atoms with Crippen LogP contribution in [0, 0.1) is 6.92 Å². The van der Waals surface area contributed by atoms with E-state index in [0.29, 0.717) is 17.3 Å². The van der Waals surface area contributed by atoms with Crippen LogP contribution in [0.4, 0.5) is 5.69 Å². The number of carbonyl (C=O) groups excluding carboxylic acids is 2. The standard InChI is InChI=1S/C13H17N3O2/c1-8-3-2-4-10(14)12(8)13(18)15-7-11(17)16-9-5-6-9/h2-4,9H,5-7,14H2,1H3,(H,15,18)(H,16,17). The average Bonchev–Trinajstić information content (AvgIpc) is 3.10. The van der Waals surface area contributed by atoms with Gasteiger partial charge in [0.2, 0.25) is 5.91 Å². The van der Waals surface area contributed by atoms with Crippen LogP contribution in [0.15, 0.2) is 18.2 Å². The Morgan fingerprint density at radius 2 is 2.11 bits per heavy atom. The molecule has 0 unspecified atom stereocenters. The van der Waals surface area contributed by atoms with Gasteiger partial charge in [0.1, 0.15) is 0 Å². The summed E-state index contributed by atoms with van der Waals surface area (Å²) in [6.07, 6.45) is 2.06. The van der Waals surface area contributed by atoms with Crippen molar-refractivity contribution >= 4 is 17.5 Å². The van der Waals surface area contributed by atoms with Gasteiger partial charge in [-0.3, -0.25) is 9.59 Å². The molecule has 4 N–H and O–H groups in total. The SMILES string of the molecule is Cc1cccc(N)c1C(=O)NCC(=O)NC1CC1. The second-order valence-electron chi connectivity index (χ2n) is 4.56. The Morgan fingerprint density at radius 1 is 1.39 bits per heavy atom. The molecule has 0 radical (unpaired) electrons. The van der Waals surface area contributed by atoms with Gasteiger partial charge in [-0.1, -0.05) is 12.1 Å². The van der Waals surface area contributed by atoms with Crippen molar-refractivity contribution in [2.75, 3.05) is 12.3 Å². The molecule has 2 amide bonds. The third kappa shape index (κ3) is 3.00. The van der Waals surface area contributed by atoms with E-state index in [2.05, 4.69) is 10.6 Å². The number of aryl methyl sites for hydroxylation is 1. The Balaban J connectivity index is 1.92. The number of hydrogen-bond donors (Lipinski definition) is 3. The van der Waals surface area contributed by atoms with Gasteiger partial charge in [0.05, 0.1) is 12.1 Å². The van der Waals surface area contributed by atoms with E-state index in [1.54, 1.807) is 12.1 Å². The number of nitrogens with two attached hydrogens (primary N) is 1. The van der Waals surface area contributed by atoms with Gasteiger partial charge in [0.25, 0.3) is 5.91 Å². The molecule has 18 heavy (non-hydrogen) atoms. The van der Waals surface area contributed by atoms with E-state index in [9.17, 15) is 9.59 Å². The molecular weight excluding hydrogens is 230 g/mol. The summed E-state index contributed by atoms with van der Waals surface area (Å²) in [7, 11) is 0. The molecule has 0 spiro atoms. The van der Waals surface area contributed by atoms with Crippen molar-refractivity contribution in [1.29, 1.82) is 0 Å². The summed E-state index contributed by atoms with van der Waals surface area (Å²) in [6, 6.07) is 5.58. The fraction of sp³-hybridized carbons (Fsp3) is 0.385. The first kappa shape index (κ1) is 12.4. The minimum absolute atomic E-state index is 0.0108. The van der Waals surface area contributed by atoms with Gasteiger partial charge in [0, 0.05) is 11.7 Å². The van der Waals surface area contributed by atoms with Gasteiger partial charge < -0.3 is 16.4 Å². The number of nitrogen functional groups attached to an aromatic ring is 1. The van der Waals surface area contributed by atoms with Crippen LogP contribution >= 0.6 is 0 Å². The first-order chi connectivity index (χ1) is 8.58. The highest BCUT2D eigenvalue weighted by molar-refractivity contribution is 6.01. The number of carbonyl (C=O) groups is 2. The Morgan fingerprint density at radius 3 is 2.72 bits per heavy atom. The lowest BCUT2D eigenvalue weighted by Gasteiger charge is -2.10. The highest BCUT2D eigenvalue weighted by atomic mass is 16.2. The quantitative estimate of drug-likeness (QED) is 0.681. The Labute approximate surface area is 106 Å². The highest BCUT2D eigenvalue weighted by Gasteiger charge is 2.23. The zero-order chi connectivity index (χ0) is 13.1. The molecule has 1 fully saturated rings. The van der Waals surface area contributed by atoms with E-state index < -0.39 is 0 Å². The van der Waals surface area contributed by atoms with Gasteiger partial charge in [-0.05, 0) is 31.4 Å². The number of amides is 2. The molecule has 0 bridgehead atoms. The maximum atomic E-state index is 11.9. The van der Waals surface area contributed by atoms with E-state index in [1.165, 1.54) is 0 Å². The molecule has 5 nitrogen and oxygen atoms in total. The van der Waals surface area contributed by atoms with Crippen LogP contribution in [0.3, 0.4) is 0 Å². The molecule has 0 aliphatic heterocycles. The first-order valence-electron chi connectivity index (χ1n) is 6.00. The molecule has 5 heteroatoms. The Hall–Kier alpha value is -2.04. The topological polar surface area (TPSA) is 84.2 Å². The molecule has 96 valence electrons. The van der Waals surface area contributed by atoms with Crippen LogP contribution in [-0.4, -0.2) is 24.4 Å². The molecule has 1 aliphatic rings. The Bertz CT molecular complexity index is 461. The molecule has 1 aromatic carbocycles. The fourth-order valence-electron chi connectivity index (χ4n) is 1.76. The summed E-state index contributed by atoms with van der Waals surface area (Å²) in [4.78, 5) is 23.4. The molecule has 0 aromatic heterocycles. The molecule has 1 saturated carbocycles. The monoisotopic (exact) mass is 247 g/mol. The maximum Gasteiger partial charge on any atom is 0.254 e. The molecule has 1 aliphatic carbocycles. The van der Waals surface area contributed by atoms with Crippen molar-refractivity contribution < 1.29 is 9.59 Å². The lowest BCUT2D eigenvalue weighted by Crippen LogP contribution is -2.38. The molecule has 2 rings (SSSR count). The van der Waals surface area contributed by atoms with Gasteiger partial charge >= 0.3 is 0 Å². The van der Waals surface area contributed by atoms with E-state index >= 15 is 0 Å². The van der Waals surface area contributed by atoms with E-state index in [1.807, 2.05) is 13.0 Å². The molecular formula is C13H17N3O2.